The van der Waals surface area contributed by atoms with Crippen molar-refractivity contribution in [1.82, 2.24) is 0 Å². The van der Waals surface area contributed by atoms with Gasteiger partial charge in [0.25, 0.3) is 0 Å². The van der Waals surface area contributed by atoms with Crippen LogP contribution >= 0.6 is 0 Å². The van der Waals surface area contributed by atoms with E-state index in [0.717, 1.165) is 7.11 Å². The number of carbonyl (C=O) groups is 1. The zero-order valence-electron chi connectivity index (χ0n) is 7.94. The summed E-state index contributed by atoms with van der Waals surface area (Å²) >= 11 is 0. The van der Waals surface area contributed by atoms with Crippen molar-refractivity contribution in [2.24, 2.45) is 4.99 Å². The number of hydrogen-bond acceptors (Lipinski definition) is 4. The van der Waals surface area contributed by atoms with Crippen LogP contribution in [0.5, 0.6) is 0 Å². The molecule has 0 saturated carbocycles. The number of rotatable bonds is 3. The Labute approximate surface area is 85.4 Å². The predicted octanol–water partition coefficient (Wildman–Crippen LogP) is 1.38. The summed E-state index contributed by atoms with van der Waals surface area (Å²) in [5.41, 5.74) is -0.00676. The number of isocyanates is 1. The van der Waals surface area contributed by atoms with E-state index in [2.05, 4.69) is 9.73 Å². The summed E-state index contributed by atoms with van der Waals surface area (Å²) in [6, 6.07) is 4.25. The first kappa shape index (κ1) is 11.1. The highest BCUT2D eigenvalue weighted by Crippen LogP contribution is 2.21. The van der Waals surface area contributed by atoms with Crippen LogP contribution in [0.3, 0.4) is 0 Å². The maximum atomic E-state index is 13.3. The van der Waals surface area contributed by atoms with E-state index in [0.29, 0.717) is 0 Å². The summed E-state index contributed by atoms with van der Waals surface area (Å²) < 4.78 is 17.7. The van der Waals surface area contributed by atoms with Gasteiger partial charge in [-0.1, -0.05) is 18.2 Å². The molecule has 0 fully saturated rings. The maximum Gasteiger partial charge on any atom is 0.336 e. The molecule has 78 valence electrons. The molecule has 15 heavy (non-hydrogen) atoms. The summed E-state index contributed by atoms with van der Waals surface area (Å²) in [5.74, 6) is -1.42. The number of benzene rings is 1. The lowest BCUT2D eigenvalue weighted by atomic mass is 10.1. The topological polar surface area (TPSA) is 55.7 Å². The average molecular weight is 209 g/mol. The first-order valence-electron chi connectivity index (χ1n) is 4.10. The van der Waals surface area contributed by atoms with E-state index in [1.54, 1.807) is 0 Å². The van der Waals surface area contributed by atoms with Gasteiger partial charge in [-0.2, -0.15) is 4.99 Å². The Morgan fingerprint density at radius 2 is 2.20 bits per heavy atom. The fraction of sp³-hybridized carbons (Fsp3) is 0.200. The van der Waals surface area contributed by atoms with Crippen LogP contribution in [0, 0.1) is 5.82 Å². The predicted molar refractivity (Wildman–Crippen MR) is 49.3 cm³/mol. The highest BCUT2D eigenvalue weighted by molar-refractivity contribution is 5.78. The smallest absolute Gasteiger partial charge is 0.336 e. The van der Waals surface area contributed by atoms with Gasteiger partial charge in [0.2, 0.25) is 6.08 Å². The molecule has 4 nitrogen and oxygen atoms in total. The van der Waals surface area contributed by atoms with Gasteiger partial charge < -0.3 is 4.74 Å². The summed E-state index contributed by atoms with van der Waals surface area (Å²) in [4.78, 5) is 24.5. The zero-order valence-corrected chi connectivity index (χ0v) is 7.94. The van der Waals surface area contributed by atoms with Crippen molar-refractivity contribution in [3.05, 3.63) is 35.6 Å². The first-order valence-corrected chi connectivity index (χ1v) is 4.10. The zero-order chi connectivity index (χ0) is 11.3. The minimum absolute atomic E-state index is 0.00676. The molecular weight excluding hydrogens is 201 g/mol. The second-order valence-electron chi connectivity index (χ2n) is 2.67. The Bertz CT molecular complexity index is 413. The number of halogens is 1. The van der Waals surface area contributed by atoms with Crippen LogP contribution in [0.25, 0.3) is 0 Å². The molecule has 1 aromatic carbocycles. The van der Waals surface area contributed by atoms with Crippen molar-refractivity contribution in [3.63, 3.8) is 0 Å². The lowest BCUT2D eigenvalue weighted by Gasteiger charge is -2.08. The Hall–Kier alpha value is -2.00. The molecule has 0 aliphatic rings. The third kappa shape index (κ3) is 2.48. The van der Waals surface area contributed by atoms with E-state index in [4.69, 9.17) is 0 Å². The molecule has 0 aromatic heterocycles. The van der Waals surface area contributed by atoms with Crippen molar-refractivity contribution in [2.45, 2.75) is 6.04 Å². The Kier molecular flexibility index (Phi) is 3.71. The van der Waals surface area contributed by atoms with Crippen molar-refractivity contribution >= 4 is 12.0 Å². The Morgan fingerprint density at radius 1 is 1.53 bits per heavy atom. The molecule has 1 atom stereocenters. The molecule has 0 aliphatic heterocycles. The van der Waals surface area contributed by atoms with E-state index in [1.165, 1.54) is 30.3 Å². The van der Waals surface area contributed by atoms with E-state index < -0.39 is 17.8 Å². The normalized spacial score (nSPS) is 11.3. The van der Waals surface area contributed by atoms with Crippen LogP contribution in [0.2, 0.25) is 0 Å². The van der Waals surface area contributed by atoms with Gasteiger partial charge in [-0.05, 0) is 6.07 Å². The molecule has 1 unspecified atom stereocenters. The first-order chi connectivity index (χ1) is 7.20. The number of hydrogen-bond donors (Lipinski definition) is 0. The summed E-state index contributed by atoms with van der Waals surface area (Å²) in [7, 11) is 1.14. The molecule has 0 heterocycles. The molecule has 0 radical (unpaired) electrons. The van der Waals surface area contributed by atoms with Gasteiger partial charge in [-0.3, -0.25) is 0 Å². The Morgan fingerprint density at radius 3 is 2.73 bits per heavy atom. The molecule has 1 rings (SSSR count). The van der Waals surface area contributed by atoms with Crippen LogP contribution in [0.1, 0.15) is 11.6 Å². The molecule has 0 bridgehead atoms. The van der Waals surface area contributed by atoms with Crippen LogP contribution in [0.15, 0.2) is 29.3 Å². The third-order valence-corrected chi connectivity index (χ3v) is 1.81. The SMILES string of the molecule is COC(=O)C(N=C=O)c1ccccc1F. The van der Waals surface area contributed by atoms with Crippen LogP contribution in [-0.2, 0) is 14.3 Å². The number of aliphatic imine (C=N–C) groups is 1. The number of esters is 1. The largest absolute Gasteiger partial charge is 0.467 e. The number of nitrogens with zero attached hydrogens (tertiary/aromatic N) is 1. The minimum Gasteiger partial charge on any atom is -0.467 e. The lowest BCUT2D eigenvalue weighted by Crippen LogP contribution is -2.13. The van der Waals surface area contributed by atoms with Crippen molar-refractivity contribution in [2.75, 3.05) is 7.11 Å². The van der Waals surface area contributed by atoms with Gasteiger partial charge in [0.15, 0.2) is 6.04 Å². The van der Waals surface area contributed by atoms with Gasteiger partial charge in [0.1, 0.15) is 5.82 Å². The van der Waals surface area contributed by atoms with E-state index in [9.17, 15) is 14.0 Å². The van der Waals surface area contributed by atoms with E-state index in [1.807, 2.05) is 0 Å². The maximum absolute atomic E-state index is 13.3. The average Bonchev–Trinajstić information content (AvgIpc) is 2.26. The fourth-order valence-corrected chi connectivity index (χ4v) is 1.11. The monoisotopic (exact) mass is 209 g/mol. The van der Waals surface area contributed by atoms with E-state index in [-0.39, 0.29) is 5.56 Å². The molecule has 5 heteroatoms. The summed E-state index contributed by atoms with van der Waals surface area (Å²) in [5, 5.41) is 0. The second-order valence-corrected chi connectivity index (χ2v) is 2.67. The molecule has 0 saturated heterocycles. The van der Waals surface area contributed by atoms with Gasteiger partial charge in [0.05, 0.1) is 7.11 Å². The Balaban J connectivity index is 3.15. The molecule has 0 amide bonds. The third-order valence-electron chi connectivity index (χ3n) is 1.81. The highest BCUT2D eigenvalue weighted by atomic mass is 19.1. The van der Waals surface area contributed by atoms with Crippen molar-refractivity contribution < 1.29 is 18.7 Å². The van der Waals surface area contributed by atoms with Crippen molar-refractivity contribution in [3.8, 4) is 0 Å². The molecule has 0 aliphatic carbocycles. The standard InChI is InChI=1S/C10H8FNO3/c1-15-10(14)9(12-6-13)7-4-2-3-5-8(7)11/h2-5,9H,1H3. The highest BCUT2D eigenvalue weighted by Gasteiger charge is 2.23. The quantitative estimate of drug-likeness (QED) is 0.429. The van der Waals surface area contributed by atoms with Crippen LogP contribution < -0.4 is 0 Å². The minimum atomic E-state index is -1.28. The summed E-state index contributed by atoms with van der Waals surface area (Å²) in [6.07, 6.45) is 1.22. The van der Waals surface area contributed by atoms with Crippen molar-refractivity contribution in [1.29, 1.82) is 0 Å². The number of methoxy groups -OCH3 is 1. The van der Waals surface area contributed by atoms with E-state index >= 15 is 0 Å². The van der Waals surface area contributed by atoms with Gasteiger partial charge in [-0.15, -0.1) is 0 Å². The molecular formula is C10H8FNO3. The molecule has 0 spiro atoms. The van der Waals surface area contributed by atoms with Crippen LogP contribution in [-0.4, -0.2) is 19.2 Å². The second kappa shape index (κ2) is 5.02. The van der Waals surface area contributed by atoms with Gasteiger partial charge >= 0.3 is 5.97 Å². The molecule has 0 N–H and O–H groups in total. The molecule has 1 aromatic rings. The van der Waals surface area contributed by atoms with Crippen LogP contribution in [0.4, 0.5) is 4.39 Å². The number of ether oxygens (including phenoxy) is 1. The number of carbonyl (C=O) groups excluding carboxylic acids is 2. The lowest BCUT2D eigenvalue weighted by molar-refractivity contribution is -0.142. The van der Waals surface area contributed by atoms with Gasteiger partial charge in [-0.25, -0.2) is 14.0 Å². The van der Waals surface area contributed by atoms with Gasteiger partial charge in [0, 0.05) is 5.56 Å². The summed E-state index contributed by atoms with van der Waals surface area (Å²) in [6.45, 7) is 0. The fourth-order valence-electron chi connectivity index (χ4n) is 1.11.